The molecule has 1 fully saturated rings. The highest BCUT2D eigenvalue weighted by Gasteiger charge is 2.35. The predicted molar refractivity (Wildman–Crippen MR) is 78.9 cm³/mol. The van der Waals surface area contributed by atoms with E-state index in [-0.39, 0.29) is 5.82 Å². The highest BCUT2D eigenvalue weighted by molar-refractivity contribution is 9.08. The second-order valence-corrected chi connectivity index (χ2v) is 5.85. The maximum absolute atomic E-state index is 13.3. The summed E-state index contributed by atoms with van der Waals surface area (Å²) in [5, 5.41) is 0.710. The van der Waals surface area contributed by atoms with Gasteiger partial charge in [-0.1, -0.05) is 29.8 Å². The fraction of sp³-hybridized carbons (Fsp3) is 0.600. The Hall–Kier alpha value is -0.570. The van der Waals surface area contributed by atoms with Crippen LogP contribution in [0.25, 0.3) is 0 Å². The van der Waals surface area contributed by atoms with Crippen molar-refractivity contribution in [3.8, 4) is 0 Å². The van der Waals surface area contributed by atoms with Gasteiger partial charge in [-0.05, 0) is 48.4 Å². The largest absolute Gasteiger partial charge is 0.371 e. The molecule has 1 aromatic rings. The molecule has 1 aromatic carbocycles. The Kier molecular flexibility index (Phi) is 4.31. The van der Waals surface area contributed by atoms with Gasteiger partial charge in [-0.2, -0.15) is 0 Å². The van der Waals surface area contributed by atoms with Crippen LogP contribution in [0, 0.1) is 11.2 Å². The van der Waals surface area contributed by atoms with E-state index in [4.69, 9.17) is 0 Å². The molecule has 1 saturated heterocycles. The molecule has 0 saturated carbocycles. The van der Waals surface area contributed by atoms with Crippen LogP contribution < -0.4 is 4.90 Å². The molecule has 100 valence electrons. The summed E-state index contributed by atoms with van der Waals surface area (Å²) in [6.45, 7) is 6.76. The molecule has 0 bridgehead atoms. The van der Waals surface area contributed by atoms with Crippen molar-refractivity contribution >= 4 is 21.6 Å². The first-order chi connectivity index (χ1) is 8.64. The first-order valence-electron chi connectivity index (χ1n) is 6.73. The predicted octanol–water partition coefficient (Wildman–Crippen LogP) is 4.74. The normalized spacial score (nSPS) is 18.3. The van der Waals surface area contributed by atoms with E-state index in [1.165, 1.54) is 24.9 Å². The van der Waals surface area contributed by atoms with E-state index >= 15 is 0 Å². The molecule has 1 nitrogen and oxygen atoms in total. The van der Waals surface area contributed by atoms with E-state index in [2.05, 4.69) is 34.7 Å². The van der Waals surface area contributed by atoms with Crippen LogP contribution in [0.3, 0.4) is 0 Å². The highest BCUT2D eigenvalue weighted by Crippen LogP contribution is 2.40. The molecule has 1 heterocycles. The first kappa shape index (κ1) is 13.9. The topological polar surface area (TPSA) is 3.24 Å². The van der Waals surface area contributed by atoms with Crippen molar-refractivity contribution in [2.24, 2.45) is 5.41 Å². The van der Waals surface area contributed by atoms with Crippen molar-refractivity contribution in [1.29, 1.82) is 0 Å². The molecule has 0 aliphatic carbocycles. The molecule has 3 heteroatoms. The quantitative estimate of drug-likeness (QED) is 0.726. The van der Waals surface area contributed by atoms with Gasteiger partial charge in [-0.25, -0.2) is 4.39 Å². The van der Waals surface area contributed by atoms with Crippen molar-refractivity contribution < 1.29 is 4.39 Å². The standard InChI is InChI=1S/C15H21BrFN/c1-3-15(4-2)7-8-18(11-15)14-6-5-13(17)9-12(14)10-16/h5-6,9H,3-4,7-8,10-11H2,1-2H3. The van der Waals surface area contributed by atoms with Crippen molar-refractivity contribution in [2.45, 2.75) is 38.4 Å². The number of alkyl halides is 1. The summed E-state index contributed by atoms with van der Waals surface area (Å²) in [7, 11) is 0. The number of hydrogen-bond acceptors (Lipinski definition) is 1. The van der Waals surface area contributed by atoms with Crippen molar-refractivity contribution in [3.05, 3.63) is 29.6 Å². The minimum Gasteiger partial charge on any atom is -0.371 e. The molecular formula is C15H21BrFN. The molecule has 0 amide bonds. The van der Waals surface area contributed by atoms with Crippen LogP contribution >= 0.6 is 15.9 Å². The van der Waals surface area contributed by atoms with Crippen LogP contribution in [0.4, 0.5) is 10.1 Å². The maximum Gasteiger partial charge on any atom is 0.123 e. The van der Waals surface area contributed by atoms with Gasteiger partial charge in [0.25, 0.3) is 0 Å². The summed E-state index contributed by atoms with van der Waals surface area (Å²) >= 11 is 3.46. The summed E-state index contributed by atoms with van der Waals surface area (Å²) in [6, 6.07) is 5.13. The Morgan fingerprint density at radius 1 is 1.33 bits per heavy atom. The monoisotopic (exact) mass is 313 g/mol. The third-order valence-corrected chi connectivity index (χ3v) is 5.07. The lowest BCUT2D eigenvalue weighted by Crippen LogP contribution is -2.26. The summed E-state index contributed by atoms with van der Waals surface area (Å²) in [6.07, 6.45) is 3.70. The maximum atomic E-state index is 13.3. The molecule has 0 N–H and O–H groups in total. The molecule has 0 radical (unpaired) electrons. The van der Waals surface area contributed by atoms with E-state index in [0.717, 1.165) is 18.7 Å². The average Bonchev–Trinajstić information content (AvgIpc) is 2.83. The van der Waals surface area contributed by atoms with Gasteiger partial charge in [0, 0.05) is 24.1 Å². The van der Waals surface area contributed by atoms with Gasteiger partial charge in [0.1, 0.15) is 5.82 Å². The van der Waals surface area contributed by atoms with Crippen LogP contribution in [0.2, 0.25) is 0 Å². The molecule has 0 aromatic heterocycles. The number of halogens is 2. The zero-order valence-electron chi connectivity index (χ0n) is 11.2. The Labute approximate surface area is 118 Å². The summed E-state index contributed by atoms with van der Waals surface area (Å²) in [4.78, 5) is 2.42. The van der Waals surface area contributed by atoms with Crippen LogP contribution in [-0.2, 0) is 5.33 Å². The van der Waals surface area contributed by atoms with Crippen molar-refractivity contribution in [1.82, 2.24) is 0 Å². The SMILES string of the molecule is CCC1(CC)CCN(c2ccc(F)cc2CBr)C1. The van der Waals surface area contributed by atoms with E-state index < -0.39 is 0 Å². The lowest BCUT2D eigenvalue weighted by atomic mass is 9.82. The molecule has 18 heavy (non-hydrogen) atoms. The number of benzene rings is 1. The molecular weight excluding hydrogens is 293 g/mol. The molecule has 0 atom stereocenters. The lowest BCUT2D eigenvalue weighted by molar-refractivity contribution is 0.301. The average molecular weight is 314 g/mol. The van der Waals surface area contributed by atoms with Gasteiger partial charge in [-0.3, -0.25) is 0 Å². The van der Waals surface area contributed by atoms with E-state index in [1.54, 1.807) is 12.1 Å². The highest BCUT2D eigenvalue weighted by atomic mass is 79.9. The number of rotatable bonds is 4. The third kappa shape index (κ3) is 2.56. The molecule has 0 spiro atoms. The minimum absolute atomic E-state index is 0.148. The fourth-order valence-electron chi connectivity index (χ4n) is 2.94. The Morgan fingerprint density at radius 2 is 2.06 bits per heavy atom. The van der Waals surface area contributed by atoms with Gasteiger partial charge in [-0.15, -0.1) is 0 Å². The number of hydrogen-bond donors (Lipinski definition) is 0. The summed E-state index contributed by atoms with van der Waals surface area (Å²) in [5.74, 6) is -0.148. The number of anilines is 1. The fourth-order valence-corrected chi connectivity index (χ4v) is 3.39. The summed E-state index contributed by atoms with van der Waals surface area (Å²) < 4.78 is 13.3. The van der Waals surface area contributed by atoms with E-state index in [1.807, 2.05) is 6.07 Å². The molecule has 1 aliphatic heterocycles. The molecule has 0 unspecified atom stereocenters. The van der Waals surface area contributed by atoms with Crippen LogP contribution in [-0.4, -0.2) is 13.1 Å². The third-order valence-electron chi connectivity index (χ3n) is 4.46. The zero-order chi connectivity index (χ0) is 13.2. The molecule has 1 aliphatic rings. The van der Waals surface area contributed by atoms with Crippen molar-refractivity contribution in [3.63, 3.8) is 0 Å². The first-order valence-corrected chi connectivity index (χ1v) is 7.85. The van der Waals surface area contributed by atoms with Gasteiger partial charge in [0.15, 0.2) is 0 Å². The lowest BCUT2D eigenvalue weighted by Gasteiger charge is -2.28. The van der Waals surface area contributed by atoms with Gasteiger partial charge < -0.3 is 4.90 Å². The Bertz CT molecular complexity index is 415. The minimum atomic E-state index is -0.148. The second-order valence-electron chi connectivity index (χ2n) is 5.29. The number of nitrogens with zero attached hydrogens (tertiary/aromatic N) is 1. The van der Waals surface area contributed by atoms with Gasteiger partial charge in [0.2, 0.25) is 0 Å². The molecule has 2 rings (SSSR count). The van der Waals surface area contributed by atoms with Gasteiger partial charge >= 0.3 is 0 Å². The van der Waals surface area contributed by atoms with Gasteiger partial charge in [0.05, 0.1) is 0 Å². The Balaban J connectivity index is 2.24. The van der Waals surface area contributed by atoms with E-state index in [0.29, 0.717) is 10.7 Å². The van der Waals surface area contributed by atoms with E-state index in [9.17, 15) is 4.39 Å². The van der Waals surface area contributed by atoms with Crippen LogP contribution in [0.1, 0.15) is 38.7 Å². The van der Waals surface area contributed by atoms with Crippen molar-refractivity contribution in [2.75, 3.05) is 18.0 Å². The van der Waals surface area contributed by atoms with Crippen LogP contribution in [0.15, 0.2) is 18.2 Å². The van der Waals surface area contributed by atoms with Crippen LogP contribution in [0.5, 0.6) is 0 Å². The smallest absolute Gasteiger partial charge is 0.123 e. The second kappa shape index (κ2) is 5.60. The Morgan fingerprint density at radius 3 is 2.61 bits per heavy atom. The zero-order valence-corrected chi connectivity index (χ0v) is 12.8. The summed E-state index contributed by atoms with van der Waals surface area (Å²) in [5.41, 5.74) is 2.70.